The van der Waals surface area contributed by atoms with Gasteiger partial charge in [0, 0.05) is 38.3 Å². The molecule has 1 aromatic heterocycles. The molecule has 0 unspecified atom stereocenters. The number of aliphatic hydroxyl groups excluding tert-OH is 1. The molecular formula is C12H22ClN3O. The Balaban J connectivity index is 2.78. The second kappa shape index (κ2) is 6.38. The van der Waals surface area contributed by atoms with Gasteiger partial charge in [-0.3, -0.25) is 9.58 Å². The van der Waals surface area contributed by atoms with Gasteiger partial charge in [0.15, 0.2) is 0 Å². The Morgan fingerprint density at radius 3 is 2.53 bits per heavy atom. The van der Waals surface area contributed by atoms with E-state index in [1.807, 2.05) is 14.0 Å². The summed E-state index contributed by atoms with van der Waals surface area (Å²) in [5.74, 6) is 0. The molecule has 0 aromatic carbocycles. The van der Waals surface area contributed by atoms with Crippen LogP contribution in [0.2, 0.25) is 5.15 Å². The monoisotopic (exact) mass is 259 g/mol. The zero-order valence-corrected chi connectivity index (χ0v) is 11.8. The highest BCUT2D eigenvalue weighted by molar-refractivity contribution is 6.30. The zero-order valence-electron chi connectivity index (χ0n) is 11.1. The van der Waals surface area contributed by atoms with E-state index < -0.39 is 0 Å². The first-order valence-electron chi connectivity index (χ1n) is 6.00. The highest BCUT2D eigenvalue weighted by Crippen LogP contribution is 2.21. The van der Waals surface area contributed by atoms with Crippen molar-refractivity contribution in [2.45, 2.75) is 39.8 Å². The number of hydrogen-bond acceptors (Lipinski definition) is 3. The lowest BCUT2D eigenvalue weighted by molar-refractivity contribution is 0.184. The van der Waals surface area contributed by atoms with E-state index >= 15 is 0 Å². The summed E-state index contributed by atoms with van der Waals surface area (Å²) in [4.78, 5) is 2.30. The van der Waals surface area contributed by atoms with Gasteiger partial charge in [-0.25, -0.2) is 0 Å². The van der Waals surface area contributed by atoms with E-state index in [1.165, 1.54) is 0 Å². The van der Waals surface area contributed by atoms with E-state index in [-0.39, 0.29) is 6.61 Å². The van der Waals surface area contributed by atoms with E-state index in [1.54, 1.807) is 4.68 Å². The molecule has 17 heavy (non-hydrogen) atoms. The van der Waals surface area contributed by atoms with Crippen LogP contribution in [-0.2, 0) is 13.6 Å². The van der Waals surface area contributed by atoms with Crippen LogP contribution in [0.4, 0.5) is 0 Å². The standard InChI is InChI=1S/C12H22ClN3O/c1-9(2)16(6-5-7-17)8-11-10(3)14-15(4)12(11)13/h9,17H,5-8H2,1-4H3. The molecule has 0 radical (unpaired) electrons. The average Bonchev–Trinajstić information content (AvgIpc) is 2.49. The summed E-state index contributed by atoms with van der Waals surface area (Å²) in [6.45, 7) is 8.16. The fourth-order valence-electron chi connectivity index (χ4n) is 1.85. The molecule has 1 heterocycles. The number of aromatic nitrogens is 2. The zero-order chi connectivity index (χ0) is 13.0. The Hall–Kier alpha value is -0.580. The molecule has 5 heteroatoms. The third-order valence-electron chi connectivity index (χ3n) is 2.96. The minimum absolute atomic E-state index is 0.225. The van der Waals surface area contributed by atoms with Crippen molar-refractivity contribution in [1.29, 1.82) is 0 Å². The first kappa shape index (κ1) is 14.5. The fraction of sp³-hybridized carbons (Fsp3) is 0.750. The van der Waals surface area contributed by atoms with Crippen molar-refractivity contribution in [3.63, 3.8) is 0 Å². The quantitative estimate of drug-likeness (QED) is 0.849. The smallest absolute Gasteiger partial charge is 0.131 e. The summed E-state index contributed by atoms with van der Waals surface area (Å²) >= 11 is 6.22. The maximum absolute atomic E-state index is 8.91. The van der Waals surface area contributed by atoms with Crippen molar-refractivity contribution in [2.75, 3.05) is 13.2 Å². The minimum atomic E-state index is 0.225. The Morgan fingerprint density at radius 2 is 2.12 bits per heavy atom. The highest BCUT2D eigenvalue weighted by atomic mass is 35.5. The molecule has 0 aliphatic rings. The van der Waals surface area contributed by atoms with Gasteiger partial charge in [0.1, 0.15) is 5.15 Å². The average molecular weight is 260 g/mol. The van der Waals surface area contributed by atoms with Crippen molar-refractivity contribution in [3.8, 4) is 0 Å². The van der Waals surface area contributed by atoms with Crippen LogP contribution in [-0.4, -0.2) is 39.0 Å². The third-order valence-corrected chi connectivity index (χ3v) is 3.44. The second-order valence-corrected chi connectivity index (χ2v) is 4.98. The summed E-state index contributed by atoms with van der Waals surface area (Å²) in [6.07, 6.45) is 0.787. The third kappa shape index (κ3) is 3.69. The number of aliphatic hydroxyl groups is 1. The normalized spacial score (nSPS) is 11.8. The lowest BCUT2D eigenvalue weighted by atomic mass is 10.2. The van der Waals surface area contributed by atoms with Crippen LogP contribution in [0.5, 0.6) is 0 Å². The predicted octanol–water partition coefficient (Wildman–Crippen LogP) is 1.97. The van der Waals surface area contributed by atoms with Crippen LogP contribution in [0.25, 0.3) is 0 Å². The van der Waals surface area contributed by atoms with Gasteiger partial charge in [-0.1, -0.05) is 11.6 Å². The molecule has 0 bridgehead atoms. The van der Waals surface area contributed by atoms with Gasteiger partial charge in [-0.2, -0.15) is 5.10 Å². The van der Waals surface area contributed by atoms with Crippen LogP contribution in [0.1, 0.15) is 31.5 Å². The van der Waals surface area contributed by atoms with Crippen LogP contribution in [0, 0.1) is 6.92 Å². The van der Waals surface area contributed by atoms with E-state index in [2.05, 4.69) is 23.8 Å². The van der Waals surface area contributed by atoms with Crippen LogP contribution in [0.3, 0.4) is 0 Å². The summed E-state index contributed by atoms with van der Waals surface area (Å²) in [6, 6.07) is 0.428. The molecule has 0 aliphatic heterocycles. The molecule has 1 N–H and O–H groups in total. The van der Waals surface area contributed by atoms with Crippen molar-refractivity contribution in [2.24, 2.45) is 7.05 Å². The molecule has 0 amide bonds. The number of rotatable bonds is 6. The molecule has 98 valence electrons. The minimum Gasteiger partial charge on any atom is -0.396 e. The summed E-state index contributed by atoms with van der Waals surface area (Å²) in [5, 5.41) is 13.9. The molecule has 0 spiro atoms. The molecule has 0 fully saturated rings. The largest absolute Gasteiger partial charge is 0.396 e. The molecule has 0 aliphatic carbocycles. The Kier molecular flexibility index (Phi) is 5.43. The van der Waals surface area contributed by atoms with Crippen molar-refractivity contribution < 1.29 is 5.11 Å². The van der Waals surface area contributed by atoms with Crippen LogP contribution >= 0.6 is 11.6 Å². The number of hydrogen-bond donors (Lipinski definition) is 1. The van der Waals surface area contributed by atoms with Crippen LogP contribution < -0.4 is 0 Å². The fourth-order valence-corrected chi connectivity index (χ4v) is 2.08. The number of nitrogens with zero attached hydrogens (tertiary/aromatic N) is 3. The molecule has 4 nitrogen and oxygen atoms in total. The van der Waals surface area contributed by atoms with Crippen molar-refractivity contribution in [1.82, 2.24) is 14.7 Å². The number of aryl methyl sites for hydroxylation is 2. The van der Waals surface area contributed by atoms with E-state index in [0.717, 1.165) is 30.8 Å². The first-order chi connectivity index (χ1) is 7.97. The summed E-state index contributed by atoms with van der Waals surface area (Å²) in [7, 11) is 1.85. The van der Waals surface area contributed by atoms with E-state index in [4.69, 9.17) is 16.7 Å². The Morgan fingerprint density at radius 1 is 1.47 bits per heavy atom. The Bertz CT molecular complexity index is 363. The van der Waals surface area contributed by atoms with Gasteiger partial charge in [-0.05, 0) is 27.2 Å². The van der Waals surface area contributed by atoms with Gasteiger partial charge in [0.25, 0.3) is 0 Å². The van der Waals surface area contributed by atoms with Gasteiger partial charge >= 0.3 is 0 Å². The maximum atomic E-state index is 8.91. The number of halogens is 1. The lowest BCUT2D eigenvalue weighted by Gasteiger charge is -2.26. The summed E-state index contributed by atoms with van der Waals surface area (Å²) in [5.41, 5.74) is 2.06. The maximum Gasteiger partial charge on any atom is 0.131 e. The predicted molar refractivity (Wildman–Crippen MR) is 70.2 cm³/mol. The van der Waals surface area contributed by atoms with Gasteiger partial charge < -0.3 is 5.11 Å². The molecule has 0 saturated carbocycles. The SMILES string of the molecule is Cc1nn(C)c(Cl)c1CN(CCCO)C(C)C. The van der Waals surface area contributed by atoms with E-state index in [9.17, 15) is 0 Å². The molecule has 1 aromatic rings. The van der Waals surface area contributed by atoms with E-state index in [0.29, 0.717) is 11.2 Å². The first-order valence-corrected chi connectivity index (χ1v) is 6.38. The van der Waals surface area contributed by atoms with Crippen molar-refractivity contribution in [3.05, 3.63) is 16.4 Å². The van der Waals surface area contributed by atoms with Gasteiger partial charge in [-0.15, -0.1) is 0 Å². The highest BCUT2D eigenvalue weighted by Gasteiger charge is 2.16. The van der Waals surface area contributed by atoms with Crippen molar-refractivity contribution >= 4 is 11.6 Å². The lowest BCUT2D eigenvalue weighted by Crippen LogP contribution is -2.32. The summed E-state index contributed by atoms with van der Waals surface area (Å²) < 4.78 is 1.71. The van der Waals surface area contributed by atoms with Crippen LogP contribution in [0.15, 0.2) is 0 Å². The van der Waals surface area contributed by atoms with Gasteiger partial charge in [0.05, 0.1) is 5.69 Å². The molecule has 0 saturated heterocycles. The molecular weight excluding hydrogens is 238 g/mol. The van der Waals surface area contributed by atoms with Gasteiger partial charge in [0.2, 0.25) is 0 Å². The topological polar surface area (TPSA) is 41.3 Å². The Labute approximate surface area is 108 Å². The molecule has 0 atom stereocenters. The second-order valence-electron chi connectivity index (χ2n) is 4.62. The molecule has 1 rings (SSSR count).